The number of nitrogens with zero attached hydrogens (tertiary/aromatic N) is 3. The van der Waals surface area contributed by atoms with E-state index in [9.17, 15) is 9.59 Å². The van der Waals surface area contributed by atoms with E-state index in [1.807, 2.05) is 36.9 Å². The maximum absolute atomic E-state index is 13.3. The average molecular weight is 498 g/mol. The second-order valence-corrected chi connectivity index (χ2v) is 10.6. The number of aryl methyl sites for hydroxylation is 2. The molecule has 0 N–H and O–H groups in total. The van der Waals surface area contributed by atoms with E-state index in [2.05, 4.69) is 6.58 Å². The van der Waals surface area contributed by atoms with Crippen LogP contribution in [0.15, 0.2) is 40.8 Å². The zero-order chi connectivity index (χ0) is 23.8. The van der Waals surface area contributed by atoms with Crippen molar-refractivity contribution >= 4 is 39.2 Å². The fraction of sp³-hybridized carbons (Fsp3) is 0.400. The van der Waals surface area contributed by atoms with Gasteiger partial charge in [-0.1, -0.05) is 23.9 Å². The van der Waals surface area contributed by atoms with Gasteiger partial charge in [0.25, 0.3) is 5.56 Å². The Morgan fingerprint density at radius 2 is 2.09 bits per heavy atom. The van der Waals surface area contributed by atoms with Gasteiger partial charge >= 0.3 is 0 Å². The van der Waals surface area contributed by atoms with Crippen LogP contribution in [0.4, 0.5) is 0 Å². The number of benzene rings is 1. The highest BCUT2D eigenvalue weighted by Crippen LogP contribution is 2.38. The van der Waals surface area contributed by atoms with E-state index in [-0.39, 0.29) is 23.3 Å². The van der Waals surface area contributed by atoms with Crippen molar-refractivity contribution in [3.63, 3.8) is 0 Å². The summed E-state index contributed by atoms with van der Waals surface area (Å²) in [5, 5.41) is 1.22. The lowest BCUT2D eigenvalue weighted by Crippen LogP contribution is -2.32. The number of likely N-dealkylation sites (tertiary alicyclic amines) is 1. The molecular weight excluding hydrogens is 470 g/mol. The highest BCUT2D eigenvalue weighted by Gasteiger charge is 2.31. The van der Waals surface area contributed by atoms with Crippen LogP contribution in [0.5, 0.6) is 11.5 Å². The van der Waals surface area contributed by atoms with Crippen molar-refractivity contribution in [2.75, 3.05) is 25.5 Å². The number of thioether (sulfide) groups is 1. The van der Waals surface area contributed by atoms with Gasteiger partial charge in [-0.25, -0.2) is 4.98 Å². The number of thiophene rings is 1. The number of aromatic nitrogens is 2. The Balaban J connectivity index is 1.37. The molecule has 0 radical (unpaired) electrons. The summed E-state index contributed by atoms with van der Waals surface area (Å²) in [6, 6.07) is 5.96. The minimum absolute atomic E-state index is 0.0114. The number of carbonyl (C=O) groups excluding carboxylic acids is 1. The Hall–Kier alpha value is -2.78. The van der Waals surface area contributed by atoms with E-state index in [1.165, 1.54) is 23.1 Å². The van der Waals surface area contributed by atoms with E-state index in [4.69, 9.17) is 14.5 Å². The fourth-order valence-electron chi connectivity index (χ4n) is 4.60. The second-order valence-electron chi connectivity index (χ2n) is 8.50. The van der Waals surface area contributed by atoms with Gasteiger partial charge in [0.05, 0.1) is 17.2 Å². The van der Waals surface area contributed by atoms with Gasteiger partial charge in [0.1, 0.15) is 18.0 Å². The highest BCUT2D eigenvalue weighted by atomic mass is 32.2. The molecule has 1 unspecified atom stereocenters. The van der Waals surface area contributed by atoms with E-state index >= 15 is 0 Å². The number of fused-ring (bicyclic) bond motifs is 2. The molecule has 0 spiro atoms. The molecule has 0 saturated carbocycles. The third kappa shape index (κ3) is 4.11. The summed E-state index contributed by atoms with van der Waals surface area (Å²) in [5.41, 5.74) is 1.96. The summed E-state index contributed by atoms with van der Waals surface area (Å²) in [6.07, 6.45) is 3.55. The molecule has 4 heterocycles. The van der Waals surface area contributed by atoms with Gasteiger partial charge in [0.2, 0.25) is 5.91 Å². The third-order valence-corrected chi connectivity index (χ3v) is 8.48. The van der Waals surface area contributed by atoms with Gasteiger partial charge in [0.15, 0.2) is 16.7 Å². The van der Waals surface area contributed by atoms with E-state index in [0.717, 1.165) is 45.2 Å². The molecule has 2 aromatic heterocycles. The van der Waals surface area contributed by atoms with Crippen molar-refractivity contribution in [3.8, 4) is 11.5 Å². The first kappa shape index (κ1) is 23.0. The zero-order valence-corrected chi connectivity index (χ0v) is 21.0. The molecule has 1 fully saturated rings. The fourth-order valence-corrected chi connectivity index (χ4v) is 6.56. The first-order chi connectivity index (χ1) is 16.5. The van der Waals surface area contributed by atoms with Crippen molar-refractivity contribution in [1.29, 1.82) is 0 Å². The lowest BCUT2D eigenvalue weighted by molar-refractivity contribution is -0.129. The lowest BCUT2D eigenvalue weighted by Gasteiger charge is -2.26. The predicted molar refractivity (Wildman–Crippen MR) is 135 cm³/mol. The molecule has 2 aliphatic heterocycles. The number of rotatable bonds is 6. The Morgan fingerprint density at radius 3 is 2.88 bits per heavy atom. The van der Waals surface area contributed by atoms with Crippen molar-refractivity contribution in [1.82, 2.24) is 14.5 Å². The maximum atomic E-state index is 13.3. The maximum Gasteiger partial charge on any atom is 0.263 e. The molecular formula is C25H27N3O4S2. The van der Waals surface area contributed by atoms with Crippen molar-refractivity contribution in [2.24, 2.45) is 0 Å². The summed E-state index contributed by atoms with van der Waals surface area (Å²) in [7, 11) is 0. The quantitative estimate of drug-likeness (QED) is 0.284. The van der Waals surface area contributed by atoms with Gasteiger partial charge < -0.3 is 14.4 Å². The molecule has 1 saturated heterocycles. The topological polar surface area (TPSA) is 73.7 Å². The first-order valence-electron chi connectivity index (χ1n) is 11.4. The smallest absolute Gasteiger partial charge is 0.263 e. The van der Waals surface area contributed by atoms with Crippen LogP contribution in [0.3, 0.4) is 0 Å². The van der Waals surface area contributed by atoms with Gasteiger partial charge in [0, 0.05) is 18.0 Å². The van der Waals surface area contributed by atoms with Gasteiger partial charge in [-0.2, -0.15) is 0 Å². The van der Waals surface area contributed by atoms with Crippen LogP contribution < -0.4 is 15.0 Å². The second kappa shape index (κ2) is 9.46. The summed E-state index contributed by atoms with van der Waals surface area (Å²) >= 11 is 2.84. The van der Waals surface area contributed by atoms with E-state index in [1.54, 1.807) is 10.6 Å². The summed E-state index contributed by atoms with van der Waals surface area (Å²) in [5.74, 6) is 1.76. The molecule has 178 valence electrons. The molecule has 9 heteroatoms. The van der Waals surface area contributed by atoms with Gasteiger partial charge in [-0.3, -0.25) is 14.2 Å². The summed E-state index contributed by atoms with van der Waals surface area (Å²) < 4.78 is 13.0. The zero-order valence-electron chi connectivity index (χ0n) is 19.3. The molecule has 0 bridgehead atoms. The largest absolute Gasteiger partial charge is 0.486 e. The van der Waals surface area contributed by atoms with Crippen LogP contribution in [0.2, 0.25) is 0 Å². The number of hydrogen-bond acceptors (Lipinski definition) is 7. The molecule has 34 heavy (non-hydrogen) atoms. The Kier molecular flexibility index (Phi) is 6.40. The monoisotopic (exact) mass is 497 g/mol. The van der Waals surface area contributed by atoms with Crippen LogP contribution in [0.1, 0.15) is 34.9 Å². The number of carbonyl (C=O) groups is 1. The summed E-state index contributed by atoms with van der Waals surface area (Å²) in [6.45, 7) is 9.91. The van der Waals surface area contributed by atoms with Crippen LogP contribution in [-0.4, -0.2) is 45.9 Å². The lowest BCUT2D eigenvalue weighted by atomic mass is 10.0. The predicted octanol–water partition coefficient (Wildman–Crippen LogP) is 4.49. The van der Waals surface area contributed by atoms with Gasteiger partial charge in [-0.15, -0.1) is 17.9 Å². The first-order valence-corrected chi connectivity index (χ1v) is 13.2. The normalized spacial score (nSPS) is 17.4. The van der Waals surface area contributed by atoms with Crippen molar-refractivity contribution in [3.05, 3.63) is 57.2 Å². The third-order valence-electron chi connectivity index (χ3n) is 6.41. The Labute approximate surface area is 206 Å². The van der Waals surface area contributed by atoms with E-state index in [0.29, 0.717) is 36.8 Å². The van der Waals surface area contributed by atoms with Crippen LogP contribution in [0, 0.1) is 13.8 Å². The number of amides is 1. The molecule has 5 rings (SSSR count). The Morgan fingerprint density at radius 1 is 1.29 bits per heavy atom. The van der Waals surface area contributed by atoms with Crippen molar-refractivity contribution in [2.45, 2.75) is 44.4 Å². The minimum Gasteiger partial charge on any atom is -0.486 e. The molecule has 3 aromatic rings. The van der Waals surface area contributed by atoms with Crippen LogP contribution in [-0.2, 0) is 11.3 Å². The number of hydrogen-bond donors (Lipinski definition) is 0. The molecule has 1 amide bonds. The van der Waals surface area contributed by atoms with Crippen molar-refractivity contribution < 1.29 is 14.3 Å². The molecule has 1 atom stereocenters. The Bertz CT molecular complexity index is 1330. The van der Waals surface area contributed by atoms with Crippen LogP contribution >= 0.6 is 23.1 Å². The molecule has 2 aliphatic rings. The minimum atomic E-state index is -0.0722. The number of ether oxygens (including phenoxy) is 2. The molecule has 0 aliphatic carbocycles. The molecule has 7 nitrogen and oxygen atoms in total. The highest BCUT2D eigenvalue weighted by molar-refractivity contribution is 7.99. The standard InChI is InChI=1S/C25H27N3O4S2/c1-4-9-28-24(30)22-15(2)16(3)34-23(22)26-25(28)33-14-21(29)27-10-5-6-18(27)17-7-8-19-20(13-17)32-12-11-31-19/h4,7-8,13,18H,1,5-6,9-12,14H2,2-3H3. The number of allylic oxidation sites excluding steroid dienone is 1. The SMILES string of the molecule is C=CCn1c(SCC(=O)N2CCCC2c2ccc3c(c2)OCCO3)nc2sc(C)c(C)c2c1=O. The van der Waals surface area contributed by atoms with E-state index < -0.39 is 0 Å². The van der Waals surface area contributed by atoms with Crippen LogP contribution in [0.25, 0.3) is 10.2 Å². The summed E-state index contributed by atoms with van der Waals surface area (Å²) in [4.78, 5) is 35.0. The average Bonchev–Trinajstić information content (AvgIpc) is 3.44. The van der Waals surface area contributed by atoms with Gasteiger partial charge in [-0.05, 0) is 49.9 Å². The molecule has 1 aromatic carbocycles.